The molecule has 1 aliphatic carbocycles. The minimum atomic E-state index is -0.0583. The van der Waals surface area contributed by atoms with E-state index in [1.54, 1.807) is 0 Å². The van der Waals surface area contributed by atoms with E-state index < -0.39 is 0 Å². The van der Waals surface area contributed by atoms with Gasteiger partial charge >= 0.3 is 0 Å². The molecule has 1 aliphatic heterocycles. The average Bonchev–Trinajstić information content (AvgIpc) is 2.27. The fraction of sp³-hybridized carbons (Fsp3) is 0.846. The lowest BCUT2D eigenvalue weighted by Gasteiger charge is -2.49. The van der Waals surface area contributed by atoms with Crippen LogP contribution in [0.5, 0.6) is 0 Å². The molecular formula is C13H21BrO2. The van der Waals surface area contributed by atoms with Crippen molar-refractivity contribution in [1.82, 2.24) is 0 Å². The number of alkyl halides is 1. The molecule has 1 spiro atoms. The Labute approximate surface area is 107 Å². The fourth-order valence-electron chi connectivity index (χ4n) is 3.02. The van der Waals surface area contributed by atoms with E-state index in [1.165, 1.54) is 12.0 Å². The summed E-state index contributed by atoms with van der Waals surface area (Å²) in [5.41, 5.74) is 1.70. The first kappa shape index (κ1) is 12.6. The summed E-state index contributed by atoms with van der Waals surface area (Å²) in [6, 6.07) is 0. The van der Waals surface area contributed by atoms with Crippen LogP contribution in [0.1, 0.15) is 27.2 Å². The summed E-state index contributed by atoms with van der Waals surface area (Å²) >= 11 is 3.40. The molecule has 0 N–H and O–H groups in total. The van der Waals surface area contributed by atoms with Crippen LogP contribution in [0, 0.1) is 17.3 Å². The van der Waals surface area contributed by atoms with E-state index in [0.717, 1.165) is 18.5 Å². The van der Waals surface area contributed by atoms with E-state index in [1.807, 2.05) is 0 Å². The smallest absolute Gasteiger partial charge is 0.167 e. The Kier molecular flexibility index (Phi) is 3.77. The second kappa shape index (κ2) is 4.79. The lowest BCUT2D eigenvalue weighted by atomic mass is 9.63. The number of allylic oxidation sites excluding steroid dienone is 2. The van der Waals surface area contributed by atoms with E-state index in [0.29, 0.717) is 11.8 Å². The van der Waals surface area contributed by atoms with Gasteiger partial charge in [0.25, 0.3) is 0 Å². The Morgan fingerprint density at radius 3 is 2.50 bits per heavy atom. The Hall–Kier alpha value is 0.140. The van der Waals surface area contributed by atoms with Crippen LogP contribution >= 0.6 is 15.9 Å². The summed E-state index contributed by atoms with van der Waals surface area (Å²) in [6.07, 6.45) is 3.51. The standard InChI is InChI=1S/C13H21BrO2/c1-9-4-10(2)13(11(3)5-9)7-15-12(6-14)16-8-13/h4,10-12H,5-8H2,1-3H3/t10-,11+,12?,13?/m1/s1. The van der Waals surface area contributed by atoms with E-state index >= 15 is 0 Å². The molecule has 2 rings (SSSR count). The summed E-state index contributed by atoms with van der Waals surface area (Å²) in [4.78, 5) is 0. The molecule has 16 heavy (non-hydrogen) atoms. The number of hydrogen-bond donors (Lipinski definition) is 0. The molecular weight excluding hydrogens is 268 g/mol. The van der Waals surface area contributed by atoms with Crippen LogP contribution < -0.4 is 0 Å². The third kappa shape index (κ3) is 2.09. The molecule has 0 bridgehead atoms. The summed E-state index contributed by atoms with van der Waals surface area (Å²) in [5.74, 6) is 1.19. The van der Waals surface area contributed by atoms with Gasteiger partial charge in [0.2, 0.25) is 0 Å². The van der Waals surface area contributed by atoms with E-state index in [9.17, 15) is 0 Å². The van der Waals surface area contributed by atoms with Crippen molar-refractivity contribution in [2.75, 3.05) is 18.5 Å². The van der Waals surface area contributed by atoms with Crippen molar-refractivity contribution in [3.63, 3.8) is 0 Å². The first-order valence-electron chi connectivity index (χ1n) is 6.05. The molecule has 3 heteroatoms. The molecule has 1 heterocycles. The zero-order chi connectivity index (χ0) is 11.8. The summed E-state index contributed by atoms with van der Waals surface area (Å²) < 4.78 is 11.6. The van der Waals surface area contributed by atoms with Gasteiger partial charge in [-0.15, -0.1) is 0 Å². The third-order valence-electron chi connectivity index (χ3n) is 4.25. The molecule has 2 aliphatic rings. The zero-order valence-corrected chi connectivity index (χ0v) is 11.9. The van der Waals surface area contributed by atoms with Crippen molar-refractivity contribution in [2.45, 2.75) is 33.5 Å². The van der Waals surface area contributed by atoms with Crippen LogP contribution in [-0.4, -0.2) is 24.8 Å². The topological polar surface area (TPSA) is 18.5 Å². The van der Waals surface area contributed by atoms with Crippen molar-refractivity contribution in [3.05, 3.63) is 11.6 Å². The molecule has 1 fully saturated rings. The van der Waals surface area contributed by atoms with E-state index in [2.05, 4.69) is 42.8 Å². The Morgan fingerprint density at radius 1 is 1.38 bits per heavy atom. The Balaban J connectivity index is 2.13. The van der Waals surface area contributed by atoms with Gasteiger partial charge in [-0.1, -0.05) is 41.4 Å². The van der Waals surface area contributed by atoms with Crippen molar-refractivity contribution < 1.29 is 9.47 Å². The summed E-state index contributed by atoms with van der Waals surface area (Å²) in [7, 11) is 0. The largest absolute Gasteiger partial charge is 0.351 e. The van der Waals surface area contributed by atoms with Gasteiger partial charge in [0.05, 0.1) is 18.5 Å². The van der Waals surface area contributed by atoms with Crippen molar-refractivity contribution in [1.29, 1.82) is 0 Å². The predicted molar refractivity (Wildman–Crippen MR) is 68.6 cm³/mol. The molecule has 0 saturated carbocycles. The maximum absolute atomic E-state index is 5.80. The Morgan fingerprint density at radius 2 is 2.00 bits per heavy atom. The predicted octanol–water partition coefficient (Wildman–Crippen LogP) is 3.36. The molecule has 0 aromatic rings. The van der Waals surface area contributed by atoms with Crippen LogP contribution in [0.25, 0.3) is 0 Å². The monoisotopic (exact) mass is 288 g/mol. The Bertz CT molecular complexity index is 280. The van der Waals surface area contributed by atoms with Gasteiger partial charge in [-0.05, 0) is 25.2 Å². The van der Waals surface area contributed by atoms with E-state index in [-0.39, 0.29) is 11.7 Å². The SMILES string of the molecule is CC1=C[C@@H](C)C2(COC(CBr)OC2)[C@@H](C)C1. The second-order valence-corrected chi connectivity index (χ2v) is 5.99. The molecule has 2 atom stereocenters. The maximum Gasteiger partial charge on any atom is 0.167 e. The number of ether oxygens (including phenoxy) is 2. The average molecular weight is 289 g/mol. The first-order chi connectivity index (χ1) is 7.58. The minimum Gasteiger partial charge on any atom is -0.351 e. The summed E-state index contributed by atoms with van der Waals surface area (Å²) in [5, 5.41) is 0.765. The van der Waals surface area contributed by atoms with Gasteiger partial charge < -0.3 is 9.47 Å². The lowest BCUT2D eigenvalue weighted by Crippen LogP contribution is -2.51. The molecule has 0 radical (unpaired) electrons. The highest BCUT2D eigenvalue weighted by molar-refractivity contribution is 9.09. The zero-order valence-electron chi connectivity index (χ0n) is 10.3. The van der Waals surface area contributed by atoms with Crippen molar-refractivity contribution in [3.8, 4) is 0 Å². The quantitative estimate of drug-likeness (QED) is 0.544. The summed E-state index contributed by atoms with van der Waals surface area (Å²) in [6.45, 7) is 8.50. The number of hydrogen-bond acceptors (Lipinski definition) is 2. The fourth-order valence-corrected chi connectivity index (χ4v) is 3.39. The third-order valence-corrected chi connectivity index (χ3v) is 4.78. The molecule has 2 nitrogen and oxygen atoms in total. The van der Waals surface area contributed by atoms with Crippen LogP contribution in [0.4, 0.5) is 0 Å². The first-order valence-corrected chi connectivity index (χ1v) is 7.17. The van der Waals surface area contributed by atoms with Crippen LogP contribution in [0.3, 0.4) is 0 Å². The maximum atomic E-state index is 5.80. The van der Waals surface area contributed by atoms with Crippen LogP contribution in [0.15, 0.2) is 11.6 Å². The van der Waals surface area contributed by atoms with Gasteiger partial charge in [-0.3, -0.25) is 0 Å². The van der Waals surface area contributed by atoms with E-state index in [4.69, 9.17) is 9.47 Å². The highest BCUT2D eigenvalue weighted by Gasteiger charge is 2.46. The molecule has 0 unspecified atom stereocenters. The van der Waals surface area contributed by atoms with Gasteiger partial charge in [0, 0.05) is 5.41 Å². The van der Waals surface area contributed by atoms with Crippen molar-refractivity contribution in [2.24, 2.45) is 17.3 Å². The lowest BCUT2D eigenvalue weighted by molar-refractivity contribution is -0.239. The highest BCUT2D eigenvalue weighted by Crippen LogP contribution is 2.46. The number of halogens is 1. The molecule has 0 amide bonds. The molecule has 0 aromatic heterocycles. The van der Waals surface area contributed by atoms with Gasteiger partial charge in [0.1, 0.15) is 0 Å². The van der Waals surface area contributed by atoms with Crippen LogP contribution in [0.2, 0.25) is 0 Å². The highest BCUT2D eigenvalue weighted by atomic mass is 79.9. The minimum absolute atomic E-state index is 0.0583. The molecule has 92 valence electrons. The van der Waals surface area contributed by atoms with Crippen molar-refractivity contribution >= 4 is 15.9 Å². The molecule has 0 aromatic carbocycles. The second-order valence-electron chi connectivity index (χ2n) is 5.35. The van der Waals surface area contributed by atoms with Gasteiger partial charge in [0.15, 0.2) is 6.29 Å². The molecule has 1 saturated heterocycles. The van der Waals surface area contributed by atoms with Gasteiger partial charge in [-0.25, -0.2) is 0 Å². The normalized spacial score (nSPS) is 44.5. The van der Waals surface area contributed by atoms with Crippen LogP contribution in [-0.2, 0) is 9.47 Å². The van der Waals surface area contributed by atoms with Gasteiger partial charge in [-0.2, -0.15) is 0 Å². The number of rotatable bonds is 1.